The third-order valence-electron chi connectivity index (χ3n) is 6.13. The monoisotopic (exact) mass is 461 g/mol. The summed E-state index contributed by atoms with van der Waals surface area (Å²) in [5, 5.41) is 4.30. The van der Waals surface area contributed by atoms with Crippen LogP contribution in [0.25, 0.3) is 0 Å². The molecule has 1 fully saturated rings. The summed E-state index contributed by atoms with van der Waals surface area (Å²) >= 11 is 12.4. The number of aromatic nitrogens is 1. The van der Waals surface area contributed by atoms with E-state index in [-0.39, 0.29) is 17.6 Å². The van der Waals surface area contributed by atoms with Crippen molar-refractivity contribution in [2.75, 3.05) is 5.73 Å². The Labute approximate surface area is 193 Å². The molecule has 1 saturated carbocycles. The Morgan fingerprint density at radius 3 is 2.71 bits per heavy atom. The second kappa shape index (κ2) is 10.5. The fraction of sp³-hybridized carbons (Fsp3) is 0.458. The average Bonchev–Trinajstić information content (AvgIpc) is 3.18. The van der Waals surface area contributed by atoms with E-state index in [1.54, 1.807) is 19.1 Å². The highest BCUT2D eigenvalue weighted by Gasteiger charge is 2.31. The standard InChI is InChI=1S/C24H29Cl2N3O2/c1-14-17(6-10-23(27)28-14)5-9-22(30)15(2)29-24(31)18-4-3-16(11-18)12-19-13-20(25)7-8-21(19)26/h6-8,10,13,15-16,18H,3-5,9,11-12H2,1-2H3,(H2,27,28)(H,29,31)/t15-,16+,18+/m0/s1. The summed E-state index contributed by atoms with van der Waals surface area (Å²) in [6, 6.07) is 8.63. The number of carbonyl (C=O) groups is 2. The number of Topliss-reactive ketones (excluding diaryl/α,β-unsaturated/α-hetero) is 1. The van der Waals surface area contributed by atoms with Crippen molar-refractivity contribution in [3.63, 3.8) is 0 Å². The zero-order valence-corrected chi connectivity index (χ0v) is 19.5. The van der Waals surface area contributed by atoms with E-state index in [1.807, 2.05) is 25.1 Å². The maximum Gasteiger partial charge on any atom is 0.223 e. The molecule has 3 atom stereocenters. The SMILES string of the molecule is Cc1nc(N)ccc1CCC(=O)[C@H](C)NC(=O)[C@@H]1CC[C@@H](Cc2cc(Cl)ccc2Cl)C1. The lowest BCUT2D eigenvalue weighted by atomic mass is 9.96. The molecule has 1 aliphatic carbocycles. The molecule has 5 nitrogen and oxygen atoms in total. The predicted molar refractivity (Wildman–Crippen MR) is 125 cm³/mol. The van der Waals surface area contributed by atoms with Crippen molar-refractivity contribution in [3.8, 4) is 0 Å². The molecule has 7 heteroatoms. The number of ketones is 1. The molecule has 0 radical (unpaired) electrons. The van der Waals surface area contributed by atoms with Crippen LogP contribution < -0.4 is 11.1 Å². The van der Waals surface area contributed by atoms with Gasteiger partial charge in [0.25, 0.3) is 0 Å². The number of nitrogens with two attached hydrogens (primary N) is 1. The van der Waals surface area contributed by atoms with Gasteiger partial charge in [-0.1, -0.05) is 29.3 Å². The Balaban J connectivity index is 1.47. The molecule has 1 aromatic heterocycles. The van der Waals surface area contributed by atoms with Gasteiger partial charge in [0.2, 0.25) is 5.91 Å². The van der Waals surface area contributed by atoms with E-state index < -0.39 is 6.04 Å². The number of rotatable bonds is 8. The largest absolute Gasteiger partial charge is 0.384 e. The first kappa shape index (κ1) is 23.6. The Morgan fingerprint density at radius 1 is 1.19 bits per heavy atom. The molecule has 2 aromatic rings. The van der Waals surface area contributed by atoms with Gasteiger partial charge >= 0.3 is 0 Å². The molecular formula is C24H29Cl2N3O2. The third kappa shape index (κ3) is 6.44. The van der Waals surface area contributed by atoms with Crippen LogP contribution in [0.2, 0.25) is 10.0 Å². The summed E-state index contributed by atoms with van der Waals surface area (Å²) in [4.78, 5) is 29.5. The van der Waals surface area contributed by atoms with Gasteiger partial charge in [0.15, 0.2) is 5.78 Å². The van der Waals surface area contributed by atoms with Gasteiger partial charge in [-0.3, -0.25) is 9.59 Å². The Hall–Kier alpha value is -2.11. The number of nitrogens with zero attached hydrogens (tertiary/aromatic N) is 1. The third-order valence-corrected chi connectivity index (χ3v) is 6.73. The van der Waals surface area contributed by atoms with Gasteiger partial charge in [-0.25, -0.2) is 4.98 Å². The quantitative estimate of drug-likeness (QED) is 0.582. The first-order valence-electron chi connectivity index (χ1n) is 10.7. The summed E-state index contributed by atoms with van der Waals surface area (Å²) < 4.78 is 0. The molecular weight excluding hydrogens is 433 g/mol. The number of hydrogen-bond donors (Lipinski definition) is 2. The molecule has 3 rings (SSSR count). The molecule has 0 unspecified atom stereocenters. The highest BCUT2D eigenvalue weighted by atomic mass is 35.5. The molecule has 31 heavy (non-hydrogen) atoms. The molecule has 166 valence electrons. The lowest BCUT2D eigenvalue weighted by Crippen LogP contribution is -2.41. The van der Waals surface area contributed by atoms with Crippen molar-refractivity contribution >= 4 is 40.7 Å². The topological polar surface area (TPSA) is 85.1 Å². The molecule has 1 heterocycles. The van der Waals surface area contributed by atoms with E-state index in [9.17, 15) is 9.59 Å². The lowest BCUT2D eigenvalue weighted by Gasteiger charge is -2.17. The van der Waals surface area contributed by atoms with E-state index >= 15 is 0 Å². The summed E-state index contributed by atoms with van der Waals surface area (Å²) in [5.41, 5.74) is 8.53. The maximum absolute atomic E-state index is 12.7. The molecule has 3 N–H and O–H groups in total. The van der Waals surface area contributed by atoms with Crippen LogP contribution in [-0.2, 0) is 22.4 Å². The number of nitrogens with one attached hydrogen (secondary N) is 1. The van der Waals surface area contributed by atoms with Crippen molar-refractivity contribution < 1.29 is 9.59 Å². The number of anilines is 1. The van der Waals surface area contributed by atoms with Crippen molar-refractivity contribution in [3.05, 3.63) is 57.2 Å². The smallest absolute Gasteiger partial charge is 0.223 e. The van der Waals surface area contributed by atoms with Crippen LogP contribution in [0.4, 0.5) is 5.82 Å². The van der Waals surface area contributed by atoms with Gasteiger partial charge in [-0.15, -0.1) is 0 Å². The van der Waals surface area contributed by atoms with Crippen LogP contribution in [0.15, 0.2) is 30.3 Å². The van der Waals surface area contributed by atoms with Gasteiger partial charge in [0.1, 0.15) is 5.82 Å². The minimum Gasteiger partial charge on any atom is -0.384 e. The molecule has 0 saturated heterocycles. The molecule has 1 aromatic carbocycles. The minimum atomic E-state index is -0.504. The molecule has 1 aliphatic rings. The number of halogens is 2. The summed E-state index contributed by atoms with van der Waals surface area (Å²) in [6.07, 6.45) is 4.34. The molecule has 0 aliphatic heterocycles. The van der Waals surface area contributed by atoms with Crippen LogP contribution in [0.1, 0.15) is 49.4 Å². The van der Waals surface area contributed by atoms with E-state index in [2.05, 4.69) is 10.3 Å². The minimum absolute atomic E-state index is 0.0184. The first-order chi connectivity index (χ1) is 14.7. The van der Waals surface area contributed by atoms with Crippen molar-refractivity contribution in [2.24, 2.45) is 11.8 Å². The summed E-state index contributed by atoms with van der Waals surface area (Å²) in [6.45, 7) is 3.64. The average molecular weight is 462 g/mol. The normalized spacial score (nSPS) is 19.2. The fourth-order valence-electron chi connectivity index (χ4n) is 4.27. The van der Waals surface area contributed by atoms with Crippen LogP contribution in [0, 0.1) is 18.8 Å². The number of aryl methyl sites for hydroxylation is 2. The van der Waals surface area contributed by atoms with Gasteiger partial charge in [0.05, 0.1) is 6.04 Å². The number of benzene rings is 1. The van der Waals surface area contributed by atoms with E-state index in [4.69, 9.17) is 28.9 Å². The Morgan fingerprint density at radius 2 is 1.97 bits per heavy atom. The lowest BCUT2D eigenvalue weighted by molar-refractivity contribution is -0.129. The van der Waals surface area contributed by atoms with Crippen molar-refractivity contribution in [2.45, 2.75) is 58.4 Å². The fourth-order valence-corrected chi connectivity index (χ4v) is 4.66. The van der Waals surface area contributed by atoms with Gasteiger partial charge < -0.3 is 11.1 Å². The number of amides is 1. The highest BCUT2D eigenvalue weighted by Crippen LogP contribution is 2.35. The first-order valence-corrected chi connectivity index (χ1v) is 11.5. The number of pyridine rings is 1. The highest BCUT2D eigenvalue weighted by molar-refractivity contribution is 6.33. The van der Waals surface area contributed by atoms with Crippen molar-refractivity contribution in [1.29, 1.82) is 0 Å². The zero-order valence-electron chi connectivity index (χ0n) is 18.0. The molecule has 0 spiro atoms. The van der Waals surface area contributed by atoms with Crippen LogP contribution >= 0.6 is 23.2 Å². The van der Waals surface area contributed by atoms with Gasteiger partial charge in [0, 0.05) is 28.1 Å². The van der Waals surface area contributed by atoms with E-state index in [1.165, 1.54) is 0 Å². The molecule has 1 amide bonds. The summed E-state index contributed by atoms with van der Waals surface area (Å²) in [5.74, 6) is 0.775. The van der Waals surface area contributed by atoms with Crippen LogP contribution in [0.3, 0.4) is 0 Å². The Bertz CT molecular complexity index is 964. The van der Waals surface area contributed by atoms with E-state index in [0.717, 1.165) is 42.5 Å². The van der Waals surface area contributed by atoms with Crippen molar-refractivity contribution in [1.82, 2.24) is 10.3 Å². The van der Waals surface area contributed by atoms with Crippen LogP contribution in [0.5, 0.6) is 0 Å². The van der Waals surface area contributed by atoms with E-state index in [0.29, 0.717) is 34.6 Å². The second-order valence-corrected chi connectivity index (χ2v) is 9.34. The van der Waals surface area contributed by atoms with Crippen LogP contribution in [-0.4, -0.2) is 22.7 Å². The van der Waals surface area contributed by atoms with Gasteiger partial charge in [-0.2, -0.15) is 0 Å². The maximum atomic E-state index is 12.7. The van der Waals surface area contributed by atoms with Gasteiger partial charge in [-0.05, 0) is 87.3 Å². The zero-order chi connectivity index (χ0) is 22.5. The predicted octanol–water partition coefficient (Wildman–Crippen LogP) is 4.94. The number of hydrogen-bond acceptors (Lipinski definition) is 4. The summed E-state index contributed by atoms with van der Waals surface area (Å²) in [7, 11) is 0. The number of nitrogen functional groups attached to an aromatic ring is 1. The molecule has 0 bridgehead atoms. The Kier molecular flexibility index (Phi) is 7.95. The number of carbonyl (C=O) groups excluding carboxylic acids is 2. The second-order valence-electron chi connectivity index (χ2n) is 8.49.